The third-order valence-electron chi connectivity index (χ3n) is 2.55. The molecule has 0 aliphatic carbocycles. The van der Waals surface area contributed by atoms with Gasteiger partial charge in [0.05, 0.1) is 11.2 Å². The summed E-state index contributed by atoms with van der Waals surface area (Å²) in [5.74, 6) is 0.995. The van der Waals surface area contributed by atoms with Crippen molar-refractivity contribution in [1.29, 1.82) is 0 Å². The average Bonchev–Trinajstić information content (AvgIpc) is 2.36. The van der Waals surface area contributed by atoms with Gasteiger partial charge in [-0.1, -0.05) is 36.9 Å². The summed E-state index contributed by atoms with van der Waals surface area (Å²) in [6, 6.07) is 8.18. The third-order valence-corrected chi connectivity index (χ3v) is 3.28. The lowest BCUT2D eigenvalue weighted by Gasteiger charge is -2.07. The number of thioether (sulfide) groups is 1. The van der Waals surface area contributed by atoms with Crippen LogP contribution in [-0.2, 0) is 6.42 Å². The number of hydrogen-bond acceptors (Lipinski definition) is 4. The van der Waals surface area contributed by atoms with Crippen molar-refractivity contribution in [3.8, 4) is 0 Å². The minimum atomic E-state index is 0.703. The fourth-order valence-electron chi connectivity index (χ4n) is 1.77. The smallest absolute Gasteiger partial charge is 0.188 e. The molecule has 1 aromatic heterocycles. The lowest BCUT2D eigenvalue weighted by molar-refractivity contribution is 0.796. The van der Waals surface area contributed by atoms with Crippen molar-refractivity contribution in [2.45, 2.75) is 24.9 Å². The highest BCUT2D eigenvalue weighted by Gasteiger charge is 2.06. The molecule has 2 rings (SSSR count). The standard InChI is InChI=1S/C13H17N3S/c1-2-17-13-15-11-7-4-3-6-10(11)12(16-13)8-5-9-14/h3-4,6-7H,2,5,8-9,14H2,1H3. The van der Waals surface area contributed by atoms with Gasteiger partial charge in [0.25, 0.3) is 0 Å². The molecule has 0 amide bonds. The minimum absolute atomic E-state index is 0.703. The van der Waals surface area contributed by atoms with Crippen LogP contribution in [0.1, 0.15) is 19.0 Å². The summed E-state index contributed by atoms with van der Waals surface area (Å²) in [7, 11) is 0. The highest BCUT2D eigenvalue weighted by Crippen LogP contribution is 2.21. The van der Waals surface area contributed by atoms with Gasteiger partial charge in [0.2, 0.25) is 0 Å². The van der Waals surface area contributed by atoms with Crippen LogP contribution < -0.4 is 5.73 Å². The van der Waals surface area contributed by atoms with Crippen molar-refractivity contribution in [3.05, 3.63) is 30.0 Å². The third kappa shape index (κ3) is 2.96. The Labute approximate surface area is 106 Å². The van der Waals surface area contributed by atoms with E-state index in [1.807, 2.05) is 18.2 Å². The summed E-state index contributed by atoms with van der Waals surface area (Å²) in [6.07, 6.45) is 1.90. The van der Waals surface area contributed by atoms with E-state index < -0.39 is 0 Å². The molecule has 90 valence electrons. The first-order valence-corrected chi connectivity index (χ1v) is 6.92. The van der Waals surface area contributed by atoms with E-state index in [9.17, 15) is 0 Å². The molecular weight excluding hydrogens is 230 g/mol. The molecule has 0 saturated carbocycles. The molecule has 4 heteroatoms. The molecule has 2 aromatic rings. The van der Waals surface area contributed by atoms with Crippen LogP contribution in [0.5, 0.6) is 0 Å². The molecule has 0 saturated heterocycles. The van der Waals surface area contributed by atoms with Crippen LogP contribution in [-0.4, -0.2) is 22.3 Å². The van der Waals surface area contributed by atoms with Crippen molar-refractivity contribution >= 4 is 22.7 Å². The fraction of sp³-hybridized carbons (Fsp3) is 0.385. The first kappa shape index (κ1) is 12.3. The molecule has 3 nitrogen and oxygen atoms in total. The van der Waals surface area contributed by atoms with Crippen molar-refractivity contribution in [1.82, 2.24) is 9.97 Å². The minimum Gasteiger partial charge on any atom is -0.330 e. The Kier molecular flexibility index (Phi) is 4.34. The first-order chi connectivity index (χ1) is 8.35. The molecule has 0 aliphatic heterocycles. The Bertz CT molecular complexity index is 499. The van der Waals surface area contributed by atoms with Crippen LogP contribution in [0.3, 0.4) is 0 Å². The Morgan fingerprint density at radius 1 is 1.24 bits per heavy atom. The van der Waals surface area contributed by atoms with Gasteiger partial charge in [0, 0.05) is 5.39 Å². The molecule has 0 spiro atoms. The maximum atomic E-state index is 5.57. The van der Waals surface area contributed by atoms with E-state index in [4.69, 9.17) is 5.73 Å². The summed E-state index contributed by atoms with van der Waals surface area (Å²) in [5, 5.41) is 2.03. The van der Waals surface area contributed by atoms with Gasteiger partial charge in [-0.2, -0.15) is 0 Å². The van der Waals surface area contributed by atoms with Crippen LogP contribution >= 0.6 is 11.8 Å². The average molecular weight is 247 g/mol. The Morgan fingerprint density at radius 3 is 2.82 bits per heavy atom. The number of fused-ring (bicyclic) bond motifs is 1. The Morgan fingerprint density at radius 2 is 2.06 bits per heavy atom. The normalized spacial score (nSPS) is 10.9. The summed E-state index contributed by atoms with van der Waals surface area (Å²) < 4.78 is 0. The van der Waals surface area contributed by atoms with E-state index in [2.05, 4.69) is 23.0 Å². The topological polar surface area (TPSA) is 51.8 Å². The number of aromatic nitrogens is 2. The van der Waals surface area contributed by atoms with Gasteiger partial charge in [-0.15, -0.1) is 0 Å². The summed E-state index contributed by atoms with van der Waals surface area (Å²) in [4.78, 5) is 9.18. The van der Waals surface area contributed by atoms with Crippen molar-refractivity contribution in [2.24, 2.45) is 5.73 Å². The van der Waals surface area contributed by atoms with Gasteiger partial charge in [0.1, 0.15) is 0 Å². The van der Waals surface area contributed by atoms with Gasteiger partial charge in [0.15, 0.2) is 5.16 Å². The van der Waals surface area contributed by atoms with Crippen LogP contribution in [0.2, 0.25) is 0 Å². The number of para-hydroxylation sites is 1. The Hall–Kier alpha value is -1.13. The molecular formula is C13H17N3S. The highest BCUT2D eigenvalue weighted by atomic mass is 32.2. The predicted octanol–water partition coefficient (Wildman–Crippen LogP) is 2.63. The van der Waals surface area contributed by atoms with Gasteiger partial charge < -0.3 is 5.73 Å². The fourth-order valence-corrected chi connectivity index (χ4v) is 2.37. The number of benzene rings is 1. The number of aryl methyl sites for hydroxylation is 1. The van der Waals surface area contributed by atoms with E-state index in [0.717, 1.165) is 40.3 Å². The molecule has 0 aliphatic rings. The molecule has 0 unspecified atom stereocenters. The molecule has 1 heterocycles. The zero-order chi connectivity index (χ0) is 12.1. The van der Waals surface area contributed by atoms with Crippen LogP contribution in [0.25, 0.3) is 10.9 Å². The van der Waals surface area contributed by atoms with E-state index in [0.29, 0.717) is 6.54 Å². The SMILES string of the molecule is CCSc1nc(CCCN)c2ccccc2n1. The van der Waals surface area contributed by atoms with E-state index in [1.165, 1.54) is 0 Å². The molecule has 0 fully saturated rings. The summed E-state index contributed by atoms with van der Waals surface area (Å²) >= 11 is 1.68. The zero-order valence-electron chi connectivity index (χ0n) is 10.0. The summed E-state index contributed by atoms with van der Waals surface area (Å²) in [6.45, 7) is 2.82. The molecule has 0 atom stereocenters. The van der Waals surface area contributed by atoms with Crippen molar-refractivity contribution in [3.63, 3.8) is 0 Å². The monoisotopic (exact) mass is 247 g/mol. The van der Waals surface area contributed by atoms with Crippen LogP contribution in [0.15, 0.2) is 29.4 Å². The molecule has 17 heavy (non-hydrogen) atoms. The van der Waals surface area contributed by atoms with Crippen LogP contribution in [0, 0.1) is 0 Å². The number of hydrogen-bond donors (Lipinski definition) is 1. The largest absolute Gasteiger partial charge is 0.330 e. The Balaban J connectivity index is 2.45. The predicted molar refractivity (Wildman–Crippen MR) is 73.3 cm³/mol. The first-order valence-electron chi connectivity index (χ1n) is 5.93. The number of rotatable bonds is 5. The van der Waals surface area contributed by atoms with E-state index in [1.54, 1.807) is 11.8 Å². The van der Waals surface area contributed by atoms with Crippen LogP contribution in [0.4, 0.5) is 0 Å². The number of nitrogens with zero attached hydrogens (tertiary/aromatic N) is 2. The van der Waals surface area contributed by atoms with Gasteiger partial charge in [-0.25, -0.2) is 9.97 Å². The van der Waals surface area contributed by atoms with Gasteiger partial charge >= 0.3 is 0 Å². The van der Waals surface area contributed by atoms with E-state index in [-0.39, 0.29) is 0 Å². The molecule has 1 aromatic carbocycles. The molecule has 0 bridgehead atoms. The van der Waals surface area contributed by atoms with Gasteiger partial charge in [-0.3, -0.25) is 0 Å². The zero-order valence-corrected chi connectivity index (χ0v) is 10.8. The second-order valence-corrected chi connectivity index (χ2v) is 5.03. The lowest BCUT2D eigenvalue weighted by atomic mass is 10.1. The second kappa shape index (κ2) is 5.98. The second-order valence-electron chi connectivity index (χ2n) is 3.80. The van der Waals surface area contributed by atoms with E-state index >= 15 is 0 Å². The van der Waals surface area contributed by atoms with Crippen molar-refractivity contribution in [2.75, 3.05) is 12.3 Å². The lowest BCUT2D eigenvalue weighted by Crippen LogP contribution is -2.03. The maximum absolute atomic E-state index is 5.57. The highest BCUT2D eigenvalue weighted by molar-refractivity contribution is 7.99. The van der Waals surface area contributed by atoms with Gasteiger partial charge in [-0.05, 0) is 31.2 Å². The summed E-state index contributed by atoms with van der Waals surface area (Å²) in [5.41, 5.74) is 7.72. The molecule has 0 radical (unpaired) electrons. The maximum Gasteiger partial charge on any atom is 0.188 e. The molecule has 2 N–H and O–H groups in total. The number of nitrogens with two attached hydrogens (primary N) is 1. The quantitative estimate of drug-likeness (QED) is 0.652. The van der Waals surface area contributed by atoms with Crippen molar-refractivity contribution < 1.29 is 0 Å².